The van der Waals surface area contributed by atoms with Crippen molar-refractivity contribution >= 4 is 39.5 Å². The summed E-state index contributed by atoms with van der Waals surface area (Å²) in [5, 5.41) is 11.3. The van der Waals surface area contributed by atoms with Gasteiger partial charge in [-0.25, -0.2) is 4.79 Å². The minimum absolute atomic E-state index is 0.248. The highest BCUT2D eigenvalue weighted by Crippen LogP contribution is 2.26. The Hall–Kier alpha value is -2.35. The third kappa shape index (κ3) is 2.96. The predicted octanol–water partition coefficient (Wildman–Crippen LogP) is 2.55. The van der Waals surface area contributed by atoms with Crippen LogP contribution in [0.1, 0.15) is 10.4 Å². The maximum atomic E-state index is 11.6. The maximum absolute atomic E-state index is 11.6. The summed E-state index contributed by atoms with van der Waals surface area (Å²) in [5.74, 6) is -0.429. The van der Waals surface area contributed by atoms with Crippen molar-refractivity contribution in [1.29, 1.82) is 0 Å². The van der Waals surface area contributed by atoms with Gasteiger partial charge in [0.2, 0.25) is 0 Å². The van der Waals surface area contributed by atoms with Gasteiger partial charge in [0.15, 0.2) is 0 Å². The predicted molar refractivity (Wildman–Crippen MR) is 86.0 cm³/mol. The topological polar surface area (TPSA) is 79.6 Å². The van der Waals surface area contributed by atoms with Gasteiger partial charge in [-0.3, -0.25) is 0 Å². The summed E-state index contributed by atoms with van der Waals surface area (Å²) in [6, 6.07) is 13.5. The molecule has 0 aliphatic heterocycles. The molecule has 0 spiro atoms. The maximum Gasteiger partial charge on any atom is 0.345 e. The van der Waals surface area contributed by atoms with E-state index in [-0.39, 0.29) is 5.58 Å². The van der Waals surface area contributed by atoms with E-state index in [0.29, 0.717) is 16.9 Å². The van der Waals surface area contributed by atoms with Crippen LogP contribution in [0.4, 0.5) is 0 Å². The lowest BCUT2D eigenvalue weighted by atomic mass is 10.2. The van der Waals surface area contributed by atoms with Crippen LogP contribution in [0.15, 0.2) is 57.7 Å². The van der Waals surface area contributed by atoms with Gasteiger partial charge in [-0.1, -0.05) is 0 Å². The molecule has 0 amide bonds. The van der Waals surface area contributed by atoms with E-state index < -0.39 is 17.2 Å². The van der Waals surface area contributed by atoms with Crippen molar-refractivity contribution in [2.24, 2.45) is 0 Å². The van der Waals surface area contributed by atoms with Gasteiger partial charge in [0.1, 0.15) is 17.1 Å². The fourth-order valence-electron chi connectivity index (χ4n) is 1.94. The quantitative estimate of drug-likeness (QED) is 0.493. The van der Waals surface area contributed by atoms with Gasteiger partial charge < -0.3 is 19.1 Å². The number of fused-ring (bicyclic) bond motifs is 1. The number of carbonyl (C=O) groups excluding carboxylic acids is 1. The van der Waals surface area contributed by atoms with E-state index in [1.807, 2.05) is 24.3 Å². The first kappa shape index (κ1) is 14.6. The number of carboxylic acid groups (broad SMARTS) is 1. The van der Waals surface area contributed by atoms with E-state index in [9.17, 15) is 14.7 Å². The highest BCUT2D eigenvalue weighted by Gasteiger charge is 2.07. The highest BCUT2D eigenvalue weighted by molar-refractivity contribution is 14.1. The van der Waals surface area contributed by atoms with Gasteiger partial charge in [-0.05, 0) is 65.1 Å². The molecule has 1 heterocycles. The van der Waals surface area contributed by atoms with E-state index in [1.165, 1.54) is 12.1 Å². The lowest BCUT2D eigenvalue weighted by Gasteiger charge is -2.07. The number of halogens is 1. The molecule has 1 aromatic heterocycles. The number of carboxylic acids is 1. The first-order valence-corrected chi connectivity index (χ1v) is 7.33. The fourth-order valence-corrected chi connectivity index (χ4v) is 2.30. The molecule has 3 rings (SSSR count). The molecule has 0 saturated heterocycles. The van der Waals surface area contributed by atoms with Crippen molar-refractivity contribution in [3.8, 4) is 11.5 Å². The van der Waals surface area contributed by atoms with Crippen LogP contribution < -0.4 is 15.5 Å². The normalized spacial score (nSPS) is 10.6. The van der Waals surface area contributed by atoms with Crippen LogP contribution in [-0.4, -0.2) is 5.97 Å². The van der Waals surface area contributed by atoms with E-state index in [1.54, 1.807) is 12.1 Å². The van der Waals surface area contributed by atoms with Crippen molar-refractivity contribution < 1.29 is 19.1 Å². The second-order valence-corrected chi connectivity index (χ2v) is 5.74. The smallest absolute Gasteiger partial charge is 0.345 e. The largest absolute Gasteiger partial charge is 0.545 e. The molecule has 0 aliphatic carbocycles. The number of aromatic carboxylic acids is 1. The third-order valence-corrected chi connectivity index (χ3v) is 3.70. The average molecular weight is 407 g/mol. The molecule has 0 atom stereocenters. The van der Waals surface area contributed by atoms with E-state index in [0.717, 1.165) is 3.57 Å². The van der Waals surface area contributed by atoms with Gasteiger partial charge in [0, 0.05) is 15.0 Å². The van der Waals surface area contributed by atoms with Crippen molar-refractivity contribution in [3.05, 3.63) is 68.1 Å². The van der Waals surface area contributed by atoms with Crippen molar-refractivity contribution in [2.45, 2.75) is 0 Å². The molecule has 2 aromatic carbocycles. The molecule has 0 aliphatic rings. The van der Waals surface area contributed by atoms with Gasteiger partial charge in [-0.2, -0.15) is 0 Å². The first-order valence-electron chi connectivity index (χ1n) is 6.25. The van der Waals surface area contributed by atoms with Gasteiger partial charge in [0.25, 0.3) is 0 Å². The van der Waals surface area contributed by atoms with Crippen LogP contribution in [-0.2, 0) is 0 Å². The number of rotatable bonds is 3. The summed E-state index contributed by atoms with van der Waals surface area (Å²) in [6.45, 7) is 0. The Kier molecular flexibility index (Phi) is 3.84. The summed E-state index contributed by atoms with van der Waals surface area (Å²) in [4.78, 5) is 22.4. The Morgan fingerprint density at radius 2 is 1.73 bits per heavy atom. The van der Waals surface area contributed by atoms with Crippen LogP contribution in [0.3, 0.4) is 0 Å². The van der Waals surface area contributed by atoms with Crippen molar-refractivity contribution in [1.82, 2.24) is 0 Å². The van der Waals surface area contributed by atoms with Gasteiger partial charge in [0.05, 0.1) is 11.5 Å². The number of hydrogen-bond acceptors (Lipinski definition) is 5. The second-order valence-electron chi connectivity index (χ2n) is 4.49. The standard InChI is InChI=1S/C16H9IO5/c17-10-2-5-11(6-3-10)21-12-4-1-9-7-13(15(18)19)16(20)22-14(9)8-12/h1-8H,(H,18,19)/p-1. The monoisotopic (exact) mass is 407 g/mol. The van der Waals surface area contributed by atoms with Crippen LogP contribution in [0.2, 0.25) is 0 Å². The Bertz CT molecular complexity index is 912. The summed E-state index contributed by atoms with van der Waals surface area (Å²) < 4.78 is 11.7. The summed E-state index contributed by atoms with van der Waals surface area (Å²) in [5.41, 5.74) is -1.20. The SMILES string of the molecule is O=C([O-])c1cc2ccc(Oc3ccc(I)cc3)cc2oc1=O. The molecule has 22 heavy (non-hydrogen) atoms. The minimum Gasteiger partial charge on any atom is -0.545 e. The van der Waals surface area contributed by atoms with Crippen molar-refractivity contribution in [2.75, 3.05) is 0 Å². The fraction of sp³-hybridized carbons (Fsp3) is 0. The summed E-state index contributed by atoms with van der Waals surface area (Å²) >= 11 is 2.19. The highest BCUT2D eigenvalue weighted by atomic mass is 127. The molecule has 110 valence electrons. The zero-order valence-corrected chi connectivity index (χ0v) is 13.2. The number of ether oxygens (including phenoxy) is 1. The van der Waals surface area contributed by atoms with Crippen LogP contribution in [0.5, 0.6) is 11.5 Å². The second kappa shape index (κ2) is 5.80. The zero-order chi connectivity index (χ0) is 15.7. The Balaban J connectivity index is 1.99. The van der Waals surface area contributed by atoms with Crippen LogP contribution >= 0.6 is 22.6 Å². The van der Waals surface area contributed by atoms with Crippen molar-refractivity contribution in [3.63, 3.8) is 0 Å². The zero-order valence-electron chi connectivity index (χ0n) is 11.0. The van der Waals surface area contributed by atoms with E-state index in [2.05, 4.69) is 22.6 Å². The lowest BCUT2D eigenvalue weighted by molar-refractivity contribution is -0.255. The average Bonchev–Trinajstić information content (AvgIpc) is 2.48. The van der Waals surface area contributed by atoms with Gasteiger partial charge >= 0.3 is 5.63 Å². The van der Waals surface area contributed by atoms with Crippen LogP contribution in [0.25, 0.3) is 11.0 Å². The molecule has 6 heteroatoms. The molecule has 0 unspecified atom stereocenters. The molecule has 0 N–H and O–H groups in total. The van der Waals surface area contributed by atoms with Crippen LogP contribution in [0, 0.1) is 3.57 Å². The molecular weight excluding hydrogens is 399 g/mol. The summed E-state index contributed by atoms with van der Waals surface area (Å²) in [6.07, 6.45) is 0. The molecule has 3 aromatic rings. The number of benzene rings is 2. The first-order chi connectivity index (χ1) is 10.5. The number of hydrogen-bond donors (Lipinski definition) is 0. The minimum atomic E-state index is -1.56. The Morgan fingerprint density at radius 3 is 2.41 bits per heavy atom. The van der Waals surface area contributed by atoms with Gasteiger partial charge in [-0.15, -0.1) is 0 Å². The molecule has 0 radical (unpaired) electrons. The summed E-state index contributed by atoms with van der Waals surface area (Å²) in [7, 11) is 0. The molecule has 0 saturated carbocycles. The van der Waals surface area contributed by atoms with E-state index in [4.69, 9.17) is 9.15 Å². The molecule has 5 nitrogen and oxygen atoms in total. The Morgan fingerprint density at radius 1 is 1.05 bits per heavy atom. The third-order valence-electron chi connectivity index (χ3n) is 2.98. The molecule has 0 fully saturated rings. The molecule has 0 bridgehead atoms. The molecular formula is C16H8IO5-. The lowest BCUT2D eigenvalue weighted by Crippen LogP contribution is -2.28. The van der Waals surface area contributed by atoms with E-state index >= 15 is 0 Å². The Labute approximate surface area is 138 Å². The number of carbonyl (C=O) groups is 1.